The average Bonchev–Trinajstić information content (AvgIpc) is 3.31. The van der Waals surface area contributed by atoms with Gasteiger partial charge in [-0.25, -0.2) is 9.78 Å². The highest BCUT2D eigenvalue weighted by molar-refractivity contribution is 7.05. The van der Waals surface area contributed by atoms with Crippen LogP contribution in [0.1, 0.15) is 22.6 Å². The van der Waals surface area contributed by atoms with Crippen LogP contribution in [-0.2, 0) is 19.6 Å². The number of nitrogens with zero attached hydrogens (tertiary/aromatic N) is 6. The number of pyridine rings is 1. The predicted octanol–water partition coefficient (Wildman–Crippen LogP) is 2.24. The fraction of sp³-hybridized carbons (Fsp3) is 0.353. The Morgan fingerprint density at radius 2 is 2.12 bits per heavy atom. The van der Waals surface area contributed by atoms with Crippen molar-refractivity contribution in [2.45, 2.75) is 33.0 Å². The van der Waals surface area contributed by atoms with Crippen LogP contribution in [0.2, 0.25) is 0 Å². The molecule has 8 nitrogen and oxygen atoms in total. The van der Waals surface area contributed by atoms with Crippen LogP contribution in [0.4, 0.5) is 4.79 Å². The summed E-state index contributed by atoms with van der Waals surface area (Å²) in [6.07, 6.45) is 9.79. The summed E-state index contributed by atoms with van der Waals surface area (Å²) in [5.74, 6) is 0. The van der Waals surface area contributed by atoms with Gasteiger partial charge in [-0.2, -0.15) is 0 Å². The maximum absolute atomic E-state index is 12.7. The van der Waals surface area contributed by atoms with Crippen LogP contribution in [0.25, 0.3) is 0 Å². The number of hydrogen-bond donors (Lipinski definition) is 1. The van der Waals surface area contributed by atoms with Crippen molar-refractivity contribution in [3.8, 4) is 0 Å². The molecule has 9 heteroatoms. The molecule has 0 unspecified atom stereocenters. The van der Waals surface area contributed by atoms with E-state index < -0.39 is 0 Å². The number of rotatable bonds is 8. The summed E-state index contributed by atoms with van der Waals surface area (Å²) >= 11 is 1.31. The van der Waals surface area contributed by atoms with Gasteiger partial charge in [-0.05, 0) is 42.6 Å². The molecule has 0 saturated carbocycles. The first kappa shape index (κ1) is 18.0. The van der Waals surface area contributed by atoms with Gasteiger partial charge in [0.15, 0.2) is 0 Å². The molecule has 0 fully saturated rings. The third kappa shape index (κ3) is 5.09. The van der Waals surface area contributed by atoms with E-state index in [-0.39, 0.29) is 6.03 Å². The Morgan fingerprint density at radius 1 is 1.27 bits per heavy atom. The fourth-order valence-electron chi connectivity index (χ4n) is 2.50. The van der Waals surface area contributed by atoms with E-state index in [0.29, 0.717) is 19.6 Å². The quantitative estimate of drug-likeness (QED) is 0.656. The first-order valence-electron chi connectivity index (χ1n) is 8.37. The zero-order valence-corrected chi connectivity index (χ0v) is 15.4. The van der Waals surface area contributed by atoms with Crippen molar-refractivity contribution in [1.29, 1.82) is 0 Å². The van der Waals surface area contributed by atoms with Gasteiger partial charge in [0.1, 0.15) is 0 Å². The molecule has 0 bridgehead atoms. The molecule has 3 rings (SSSR count). The molecule has 136 valence electrons. The SMILES string of the molecule is Cc1nnsc1CNC(=O)N(CCCn1ccnc1)Cc1ccncc1. The van der Waals surface area contributed by atoms with E-state index >= 15 is 0 Å². The van der Waals surface area contributed by atoms with Crippen molar-refractivity contribution in [2.75, 3.05) is 6.54 Å². The lowest BCUT2D eigenvalue weighted by Crippen LogP contribution is -2.40. The van der Waals surface area contributed by atoms with Gasteiger partial charge >= 0.3 is 6.03 Å². The van der Waals surface area contributed by atoms with Gasteiger partial charge < -0.3 is 14.8 Å². The highest BCUT2D eigenvalue weighted by Gasteiger charge is 2.15. The third-order valence-corrected chi connectivity index (χ3v) is 4.78. The molecule has 2 amide bonds. The van der Waals surface area contributed by atoms with Gasteiger partial charge in [-0.3, -0.25) is 4.98 Å². The van der Waals surface area contributed by atoms with Crippen LogP contribution in [0.3, 0.4) is 0 Å². The van der Waals surface area contributed by atoms with Gasteiger partial charge in [-0.1, -0.05) is 4.49 Å². The molecule has 0 atom stereocenters. The summed E-state index contributed by atoms with van der Waals surface area (Å²) in [7, 11) is 0. The smallest absolute Gasteiger partial charge is 0.317 e. The minimum absolute atomic E-state index is 0.0970. The Kier molecular flexibility index (Phi) is 6.26. The van der Waals surface area contributed by atoms with Crippen molar-refractivity contribution >= 4 is 17.6 Å². The molecular weight excluding hydrogens is 350 g/mol. The average molecular weight is 371 g/mol. The monoisotopic (exact) mass is 371 g/mol. The molecule has 0 saturated heterocycles. The summed E-state index contributed by atoms with van der Waals surface area (Å²) in [5, 5.41) is 6.95. The van der Waals surface area contributed by atoms with Crippen molar-refractivity contribution in [2.24, 2.45) is 0 Å². The number of amides is 2. The fourth-order valence-corrected chi connectivity index (χ4v) is 3.08. The predicted molar refractivity (Wildman–Crippen MR) is 98.4 cm³/mol. The second kappa shape index (κ2) is 9.04. The van der Waals surface area contributed by atoms with Crippen molar-refractivity contribution in [1.82, 2.24) is 34.3 Å². The lowest BCUT2D eigenvalue weighted by molar-refractivity contribution is 0.193. The van der Waals surface area contributed by atoms with Crippen molar-refractivity contribution < 1.29 is 4.79 Å². The van der Waals surface area contributed by atoms with Crippen LogP contribution in [0.5, 0.6) is 0 Å². The maximum atomic E-state index is 12.7. The highest BCUT2D eigenvalue weighted by atomic mass is 32.1. The zero-order valence-electron chi connectivity index (χ0n) is 14.6. The van der Waals surface area contributed by atoms with E-state index in [1.165, 1.54) is 11.5 Å². The van der Waals surface area contributed by atoms with Gasteiger partial charge in [0, 0.05) is 44.4 Å². The van der Waals surface area contributed by atoms with Gasteiger partial charge in [-0.15, -0.1) is 5.10 Å². The Balaban J connectivity index is 1.58. The molecule has 3 aromatic heterocycles. The molecule has 0 radical (unpaired) electrons. The Hall–Kier alpha value is -2.81. The highest BCUT2D eigenvalue weighted by Crippen LogP contribution is 2.10. The molecule has 1 N–H and O–H groups in total. The second-order valence-corrected chi connectivity index (χ2v) is 6.71. The first-order valence-corrected chi connectivity index (χ1v) is 9.15. The van der Waals surface area contributed by atoms with E-state index in [1.54, 1.807) is 24.9 Å². The molecule has 0 aliphatic carbocycles. The molecule has 0 spiro atoms. The number of hydrogen-bond acceptors (Lipinski definition) is 6. The van der Waals surface area contributed by atoms with E-state index in [4.69, 9.17) is 0 Å². The normalized spacial score (nSPS) is 10.7. The van der Waals surface area contributed by atoms with Crippen LogP contribution < -0.4 is 5.32 Å². The maximum Gasteiger partial charge on any atom is 0.317 e. The Labute approximate surface area is 156 Å². The number of carbonyl (C=O) groups is 1. The summed E-state index contributed by atoms with van der Waals surface area (Å²) < 4.78 is 5.91. The zero-order chi connectivity index (χ0) is 18.2. The second-order valence-electron chi connectivity index (χ2n) is 5.87. The lowest BCUT2D eigenvalue weighted by atomic mass is 10.2. The summed E-state index contributed by atoms with van der Waals surface area (Å²) in [6.45, 7) is 4.34. The standard InChI is InChI=1S/C17H21N7OS/c1-14-16(26-22-21-14)11-20-17(25)24(12-15-3-5-18-6-4-15)9-2-8-23-10-7-19-13-23/h3-7,10,13H,2,8-9,11-12H2,1H3,(H,20,25). The minimum Gasteiger partial charge on any atom is -0.337 e. The Bertz CT molecular complexity index is 804. The summed E-state index contributed by atoms with van der Waals surface area (Å²) in [4.78, 5) is 23.6. The number of nitrogens with one attached hydrogen (secondary N) is 1. The third-order valence-electron chi connectivity index (χ3n) is 3.96. The van der Waals surface area contributed by atoms with Crippen LogP contribution in [-0.4, -0.2) is 41.6 Å². The molecule has 0 aliphatic heterocycles. The van der Waals surface area contributed by atoms with E-state index in [2.05, 4.69) is 24.9 Å². The van der Waals surface area contributed by atoms with Crippen LogP contribution in [0, 0.1) is 6.92 Å². The van der Waals surface area contributed by atoms with Crippen LogP contribution >= 0.6 is 11.5 Å². The molecule has 0 aliphatic rings. The Morgan fingerprint density at radius 3 is 2.81 bits per heavy atom. The topological polar surface area (TPSA) is 88.8 Å². The molecule has 26 heavy (non-hydrogen) atoms. The van der Waals surface area contributed by atoms with Gasteiger partial charge in [0.05, 0.1) is 23.4 Å². The van der Waals surface area contributed by atoms with E-state index in [1.807, 2.05) is 34.7 Å². The van der Waals surface area contributed by atoms with Crippen LogP contribution in [0.15, 0.2) is 43.2 Å². The number of urea groups is 1. The molecular formula is C17H21N7OS. The lowest BCUT2D eigenvalue weighted by Gasteiger charge is -2.23. The van der Waals surface area contributed by atoms with Crippen molar-refractivity contribution in [3.63, 3.8) is 0 Å². The molecule has 0 aromatic carbocycles. The van der Waals surface area contributed by atoms with E-state index in [0.717, 1.165) is 29.1 Å². The van der Waals surface area contributed by atoms with Gasteiger partial charge in [0.25, 0.3) is 0 Å². The minimum atomic E-state index is -0.0970. The summed E-state index contributed by atoms with van der Waals surface area (Å²) in [6, 6.07) is 3.75. The molecule has 3 heterocycles. The molecule has 3 aromatic rings. The first-order chi connectivity index (χ1) is 12.7. The van der Waals surface area contributed by atoms with Gasteiger partial charge in [0.2, 0.25) is 0 Å². The van der Waals surface area contributed by atoms with E-state index in [9.17, 15) is 4.79 Å². The summed E-state index contributed by atoms with van der Waals surface area (Å²) in [5.41, 5.74) is 1.91. The largest absolute Gasteiger partial charge is 0.337 e. The number of carbonyl (C=O) groups excluding carboxylic acids is 1. The number of imidazole rings is 1. The number of aromatic nitrogens is 5. The van der Waals surface area contributed by atoms with Crippen molar-refractivity contribution in [3.05, 3.63) is 59.4 Å². The number of aryl methyl sites for hydroxylation is 2.